The smallest absolute Gasteiger partial charge is 0.423 e. The second kappa shape index (κ2) is 4.78. The molecular formula is C9H13BN2O2. The van der Waals surface area contributed by atoms with Crippen molar-refractivity contribution >= 4 is 23.5 Å². The van der Waals surface area contributed by atoms with Crippen molar-refractivity contribution in [3.05, 3.63) is 24.4 Å². The van der Waals surface area contributed by atoms with Crippen molar-refractivity contribution < 1.29 is 10.0 Å². The van der Waals surface area contributed by atoms with Crippen LogP contribution in [0.3, 0.4) is 0 Å². The Labute approximate surface area is 82.7 Å². The summed E-state index contributed by atoms with van der Waals surface area (Å²) in [5.74, 6) is 0. The average Bonchev–Trinajstić information content (AvgIpc) is 2.67. The summed E-state index contributed by atoms with van der Waals surface area (Å²) < 4.78 is 0. The van der Waals surface area contributed by atoms with Crippen molar-refractivity contribution in [2.24, 2.45) is 0 Å². The molecule has 0 aliphatic rings. The summed E-state index contributed by atoms with van der Waals surface area (Å²) in [6, 6.07) is 5.23. The van der Waals surface area contributed by atoms with E-state index in [9.17, 15) is 0 Å². The fourth-order valence-electron chi connectivity index (χ4n) is 1.22. The molecule has 2 rings (SSSR count). The summed E-state index contributed by atoms with van der Waals surface area (Å²) in [7, 11) is -1.44. The standard InChI is InChI=1S/C7H7BN2O2.C2H6/c11-8(12)6-2-1-3-7-5(6)4-9-10-7;1-2/h1-4,11-12H,(H,9,10);1-2H3. The molecule has 0 spiro atoms. The number of nitrogens with zero attached hydrogens (tertiary/aromatic N) is 1. The molecule has 0 bridgehead atoms. The highest BCUT2D eigenvalue weighted by Gasteiger charge is 2.14. The molecule has 4 nitrogen and oxygen atoms in total. The van der Waals surface area contributed by atoms with E-state index >= 15 is 0 Å². The first-order chi connectivity index (χ1) is 6.79. The molecular weight excluding hydrogens is 179 g/mol. The molecule has 0 aliphatic heterocycles. The molecule has 5 heteroatoms. The van der Waals surface area contributed by atoms with E-state index in [0.29, 0.717) is 5.46 Å². The van der Waals surface area contributed by atoms with E-state index < -0.39 is 7.12 Å². The third kappa shape index (κ3) is 1.94. The lowest BCUT2D eigenvalue weighted by molar-refractivity contribution is 0.426. The van der Waals surface area contributed by atoms with E-state index in [1.807, 2.05) is 19.9 Å². The maximum absolute atomic E-state index is 8.95. The predicted octanol–water partition coefficient (Wildman–Crippen LogP) is 0.269. The molecule has 1 aromatic heterocycles. The van der Waals surface area contributed by atoms with Crippen LogP contribution in [0.25, 0.3) is 10.9 Å². The topological polar surface area (TPSA) is 69.1 Å². The molecule has 1 aromatic carbocycles. The molecule has 1 heterocycles. The van der Waals surface area contributed by atoms with E-state index in [0.717, 1.165) is 10.9 Å². The monoisotopic (exact) mass is 192 g/mol. The summed E-state index contributed by atoms with van der Waals surface area (Å²) >= 11 is 0. The highest BCUT2D eigenvalue weighted by molar-refractivity contribution is 6.61. The Morgan fingerprint density at radius 3 is 2.64 bits per heavy atom. The quantitative estimate of drug-likeness (QED) is 0.568. The minimum Gasteiger partial charge on any atom is -0.423 e. The number of hydrogen-bond acceptors (Lipinski definition) is 3. The zero-order valence-electron chi connectivity index (χ0n) is 8.23. The van der Waals surface area contributed by atoms with Crippen LogP contribution in [0.4, 0.5) is 0 Å². The van der Waals surface area contributed by atoms with Crippen molar-refractivity contribution in [2.75, 3.05) is 0 Å². The maximum atomic E-state index is 8.95. The number of aromatic amines is 1. The van der Waals surface area contributed by atoms with E-state index in [2.05, 4.69) is 10.2 Å². The van der Waals surface area contributed by atoms with E-state index in [1.165, 1.54) is 0 Å². The first kappa shape index (κ1) is 10.8. The summed E-state index contributed by atoms with van der Waals surface area (Å²) in [5, 5.41) is 25.2. The summed E-state index contributed by atoms with van der Waals surface area (Å²) in [6.45, 7) is 4.00. The molecule has 0 unspecified atom stereocenters. The van der Waals surface area contributed by atoms with Gasteiger partial charge < -0.3 is 10.0 Å². The Kier molecular flexibility index (Phi) is 3.68. The number of fused-ring (bicyclic) bond motifs is 1. The second-order valence-corrected chi connectivity index (χ2v) is 2.55. The SMILES string of the molecule is CC.OB(O)c1cccc2[nH]ncc12. The summed E-state index contributed by atoms with van der Waals surface area (Å²) in [4.78, 5) is 0. The third-order valence-corrected chi connectivity index (χ3v) is 1.80. The number of H-pyrrole nitrogens is 1. The Balaban J connectivity index is 0.000000461. The Morgan fingerprint density at radius 1 is 1.29 bits per heavy atom. The Bertz CT molecular complexity index is 400. The van der Waals surface area contributed by atoms with Crippen molar-refractivity contribution in [2.45, 2.75) is 13.8 Å². The van der Waals surface area contributed by atoms with Crippen LogP contribution in [0.5, 0.6) is 0 Å². The van der Waals surface area contributed by atoms with Gasteiger partial charge in [-0.2, -0.15) is 5.10 Å². The number of nitrogens with one attached hydrogen (secondary N) is 1. The van der Waals surface area contributed by atoms with Gasteiger partial charge in [-0.1, -0.05) is 26.0 Å². The predicted molar refractivity (Wildman–Crippen MR) is 57.3 cm³/mol. The van der Waals surface area contributed by atoms with Gasteiger partial charge >= 0.3 is 7.12 Å². The van der Waals surface area contributed by atoms with Gasteiger partial charge in [0.15, 0.2) is 0 Å². The van der Waals surface area contributed by atoms with Crippen LogP contribution in [0.2, 0.25) is 0 Å². The van der Waals surface area contributed by atoms with Crippen molar-refractivity contribution in [3.63, 3.8) is 0 Å². The highest BCUT2D eigenvalue weighted by Crippen LogP contribution is 2.06. The molecule has 3 N–H and O–H groups in total. The van der Waals surface area contributed by atoms with Crippen molar-refractivity contribution in [1.29, 1.82) is 0 Å². The fourth-order valence-corrected chi connectivity index (χ4v) is 1.22. The molecule has 0 saturated heterocycles. The summed E-state index contributed by atoms with van der Waals surface area (Å²) in [6.07, 6.45) is 1.57. The molecule has 0 atom stereocenters. The van der Waals surface area contributed by atoms with Gasteiger partial charge in [-0.05, 0) is 11.5 Å². The van der Waals surface area contributed by atoms with Crippen LogP contribution in [0.15, 0.2) is 24.4 Å². The lowest BCUT2D eigenvalue weighted by Crippen LogP contribution is -2.30. The molecule has 0 aliphatic carbocycles. The molecule has 74 valence electrons. The maximum Gasteiger partial charge on any atom is 0.489 e. The number of aromatic nitrogens is 2. The zero-order valence-corrected chi connectivity index (χ0v) is 8.23. The van der Waals surface area contributed by atoms with Crippen molar-refractivity contribution in [1.82, 2.24) is 10.2 Å². The van der Waals surface area contributed by atoms with Crippen LogP contribution < -0.4 is 5.46 Å². The van der Waals surface area contributed by atoms with Crippen LogP contribution in [0, 0.1) is 0 Å². The summed E-state index contributed by atoms with van der Waals surface area (Å²) in [5.41, 5.74) is 1.28. The molecule has 2 aromatic rings. The molecule has 14 heavy (non-hydrogen) atoms. The Hall–Kier alpha value is -1.33. The minimum absolute atomic E-state index is 0.473. The lowest BCUT2D eigenvalue weighted by atomic mass is 9.78. The Morgan fingerprint density at radius 2 is 2.00 bits per heavy atom. The van der Waals surface area contributed by atoms with Gasteiger partial charge in [-0.15, -0.1) is 0 Å². The van der Waals surface area contributed by atoms with E-state index in [-0.39, 0.29) is 0 Å². The number of hydrogen-bond donors (Lipinski definition) is 3. The normalized spacial score (nSPS) is 9.43. The van der Waals surface area contributed by atoms with Crippen LogP contribution in [-0.4, -0.2) is 27.4 Å². The van der Waals surface area contributed by atoms with E-state index in [4.69, 9.17) is 10.0 Å². The van der Waals surface area contributed by atoms with Gasteiger partial charge in [0.2, 0.25) is 0 Å². The van der Waals surface area contributed by atoms with Crippen LogP contribution in [0.1, 0.15) is 13.8 Å². The number of rotatable bonds is 1. The van der Waals surface area contributed by atoms with Crippen LogP contribution in [-0.2, 0) is 0 Å². The lowest BCUT2D eigenvalue weighted by Gasteiger charge is -1.98. The zero-order chi connectivity index (χ0) is 10.6. The van der Waals surface area contributed by atoms with Crippen LogP contribution >= 0.6 is 0 Å². The molecule has 0 saturated carbocycles. The second-order valence-electron chi connectivity index (χ2n) is 2.55. The number of benzene rings is 1. The van der Waals surface area contributed by atoms with E-state index in [1.54, 1.807) is 18.3 Å². The van der Waals surface area contributed by atoms with Gasteiger partial charge in [-0.3, -0.25) is 5.10 Å². The molecule has 0 fully saturated rings. The third-order valence-electron chi connectivity index (χ3n) is 1.80. The van der Waals surface area contributed by atoms with Gasteiger partial charge in [-0.25, -0.2) is 0 Å². The molecule has 0 radical (unpaired) electrons. The van der Waals surface area contributed by atoms with Gasteiger partial charge in [0, 0.05) is 5.39 Å². The van der Waals surface area contributed by atoms with Gasteiger partial charge in [0.25, 0.3) is 0 Å². The average molecular weight is 192 g/mol. The van der Waals surface area contributed by atoms with Gasteiger partial charge in [0.05, 0.1) is 11.7 Å². The van der Waals surface area contributed by atoms with Crippen molar-refractivity contribution in [3.8, 4) is 0 Å². The largest absolute Gasteiger partial charge is 0.489 e. The first-order valence-electron chi connectivity index (χ1n) is 4.57. The van der Waals surface area contributed by atoms with Gasteiger partial charge in [0.1, 0.15) is 0 Å². The first-order valence-corrected chi connectivity index (χ1v) is 4.57. The minimum atomic E-state index is -1.44. The molecule has 0 amide bonds. The highest BCUT2D eigenvalue weighted by atomic mass is 16.4. The fraction of sp³-hybridized carbons (Fsp3) is 0.222.